The first-order valence-electron chi connectivity index (χ1n) is 11.3. The molecule has 0 amide bonds. The molecule has 0 spiro atoms. The zero-order chi connectivity index (χ0) is 23.3. The molecular weight excluding hydrogens is 462 g/mol. The fourth-order valence-corrected chi connectivity index (χ4v) is 6.55. The lowest BCUT2D eigenvalue weighted by Gasteiger charge is -2.38. The van der Waals surface area contributed by atoms with E-state index in [1.807, 2.05) is 4.90 Å². The number of H-pyrrole nitrogens is 1. The zero-order valence-electron chi connectivity index (χ0n) is 18.6. The zero-order valence-corrected chi connectivity index (χ0v) is 20.2. The number of nitro benzene ring substituents is 1. The van der Waals surface area contributed by atoms with Gasteiger partial charge in [-0.25, -0.2) is 4.98 Å². The number of piperazine rings is 1. The van der Waals surface area contributed by atoms with E-state index in [9.17, 15) is 14.9 Å². The number of nitrogens with one attached hydrogen (secondary N) is 1. The van der Waals surface area contributed by atoms with E-state index in [1.54, 1.807) is 23.5 Å². The summed E-state index contributed by atoms with van der Waals surface area (Å²) in [5, 5.41) is 12.6. The summed E-state index contributed by atoms with van der Waals surface area (Å²) in [6.45, 7) is 7.02. The van der Waals surface area contributed by atoms with Gasteiger partial charge in [-0.2, -0.15) is 0 Å². The third kappa shape index (κ3) is 4.13. The maximum absolute atomic E-state index is 13.0. The number of nitrogens with zero attached hydrogens (tertiary/aromatic N) is 4. The Morgan fingerprint density at radius 1 is 1.30 bits per heavy atom. The van der Waals surface area contributed by atoms with E-state index < -0.39 is 0 Å². The van der Waals surface area contributed by atoms with Gasteiger partial charge < -0.3 is 9.88 Å². The van der Waals surface area contributed by atoms with Crippen LogP contribution in [0.5, 0.6) is 0 Å². The summed E-state index contributed by atoms with van der Waals surface area (Å²) in [6, 6.07) is 4.75. The molecule has 2 unspecified atom stereocenters. The Hall–Kier alpha value is -2.49. The summed E-state index contributed by atoms with van der Waals surface area (Å²) in [7, 11) is 0. The highest BCUT2D eigenvalue weighted by molar-refractivity contribution is 7.18. The molecule has 1 aliphatic heterocycles. The molecule has 10 heteroatoms. The molecule has 0 bridgehead atoms. The van der Waals surface area contributed by atoms with Gasteiger partial charge in [0.1, 0.15) is 16.3 Å². The van der Waals surface area contributed by atoms with Crippen molar-refractivity contribution >= 4 is 44.5 Å². The number of anilines is 1. The first-order valence-corrected chi connectivity index (χ1v) is 12.5. The SMILES string of the molecule is CC1CCc2c(sc3nc(C(C)N4CCN(c5ccc(Cl)cc5[N+](=O)[O-])CC4)[nH]c(=O)c23)C1. The highest BCUT2D eigenvalue weighted by Gasteiger charge is 2.29. The summed E-state index contributed by atoms with van der Waals surface area (Å²) in [6.07, 6.45) is 3.10. The van der Waals surface area contributed by atoms with Crippen molar-refractivity contribution in [3.63, 3.8) is 0 Å². The van der Waals surface area contributed by atoms with E-state index >= 15 is 0 Å². The summed E-state index contributed by atoms with van der Waals surface area (Å²) < 4.78 is 0. The van der Waals surface area contributed by atoms with Crippen LogP contribution in [0, 0.1) is 16.0 Å². The molecule has 8 nitrogen and oxygen atoms in total. The van der Waals surface area contributed by atoms with Crippen molar-refractivity contribution in [3.8, 4) is 0 Å². The van der Waals surface area contributed by atoms with Crippen LogP contribution in [0.25, 0.3) is 10.2 Å². The number of rotatable bonds is 4. The normalized spacial score (nSPS) is 20.1. The highest BCUT2D eigenvalue weighted by Crippen LogP contribution is 2.36. The van der Waals surface area contributed by atoms with Crippen LogP contribution < -0.4 is 10.5 Å². The second-order valence-corrected chi connectivity index (χ2v) is 10.6. The number of hydrogen-bond donors (Lipinski definition) is 1. The molecule has 2 atom stereocenters. The number of aromatic nitrogens is 2. The van der Waals surface area contributed by atoms with Gasteiger partial charge in [0.05, 0.1) is 16.4 Å². The van der Waals surface area contributed by atoms with Crippen molar-refractivity contribution in [2.75, 3.05) is 31.1 Å². The smallest absolute Gasteiger partial charge is 0.294 e. The molecule has 1 fully saturated rings. The van der Waals surface area contributed by atoms with Crippen LogP contribution >= 0.6 is 22.9 Å². The average molecular weight is 488 g/mol. The average Bonchev–Trinajstić information content (AvgIpc) is 3.16. The maximum atomic E-state index is 13.0. The van der Waals surface area contributed by atoms with Crippen molar-refractivity contribution in [1.82, 2.24) is 14.9 Å². The number of nitro groups is 1. The van der Waals surface area contributed by atoms with Gasteiger partial charge in [-0.3, -0.25) is 19.8 Å². The molecule has 2 aromatic heterocycles. The molecule has 1 N–H and O–H groups in total. The third-order valence-corrected chi connectivity index (χ3v) is 8.30. The first-order chi connectivity index (χ1) is 15.8. The van der Waals surface area contributed by atoms with E-state index in [-0.39, 0.29) is 22.2 Å². The van der Waals surface area contributed by atoms with Gasteiger partial charge in [-0.1, -0.05) is 18.5 Å². The lowest BCUT2D eigenvalue weighted by molar-refractivity contribution is -0.384. The number of aromatic amines is 1. The minimum Gasteiger partial charge on any atom is -0.363 e. The van der Waals surface area contributed by atoms with Gasteiger partial charge in [0, 0.05) is 42.1 Å². The van der Waals surface area contributed by atoms with Gasteiger partial charge in [-0.15, -0.1) is 11.3 Å². The quantitative estimate of drug-likeness (QED) is 0.428. The van der Waals surface area contributed by atoms with E-state index in [2.05, 4.69) is 23.7 Å². The van der Waals surface area contributed by atoms with Gasteiger partial charge in [-0.05, 0) is 49.8 Å². The molecular formula is C23H26ClN5O3S. The predicted molar refractivity (Wildman–Crippen MR) is 132 cm³/mol. The molecule has 1 saturated heterocycles. The Balaban J connectivity index is 1.35. The van der Waals surface area contributed by atoms with Gasteiger partial charge in [0.2, 0.25) is 0 Å². The summed E-state index contributed by atoms with van der Waals surface area (Å²) in [4.78, 5) is 38.4. The molecule has 3 heterocycles. The summed E-state index contributed by atoms with van der Waals surface area (Å²) in [5.74, 6) is 1.33. The van der Waals surface area contributed by atoms with Gasteiger partial charge in [0.15, 0.2) is 0 Å². The largest absolute Gasteiger partial charge is 0.363 e. The Morgan fingerprint density at radius 2 is 2.06 bits per heavy atom. The summed E-state index contributed by atoms with van der Waals surface area (Å²) in [5.41, 5.74) is 1.77. The minimum atomic E-state index is -0.387. The molecule has 1 aromatic carbocycles. The molecule has 174 valence electrons. The number of aryl methyl sites for hydroxylation is 1. The highest BCUT2D eigenvalue weighted by atomic mass is 35.5. The van der Waals surface area contributed by atoms with Crippen molar-refractivity contribution < 1.29 is 4.92 Å². The molecule has 1 aliphatic carbocycles. The van der Waals surface area contributed by atoms with Crippen LogP contribution in [0.15, 0.2) is 23.0 Å². The number of hydrogen-bond acceptors (Lipinski definition) is 7. The van der Waals surface area contributed by atoms with Crippen LogP contribution in [-0.2, 0) is 12.8 Å². The number of fused-ring (bicyclic) bond motifs is 3. The second-order valence-electron chi connectivity index (χ2n) is 9.07. The van der Waals surface area contributed by atoms with Crippen LogP contribution in [0.2, 0.25) is 5.02 Å². The van der Waals surface area contributed by atoms with Crippen LogP contribution in [0.3, 0.4) is 0 Å². The lowest BCUT2D eigenvalue weighted by atomic mass is 9.89. The van der Waals surface area contributed by atoms with Gasteiger partial charge in [0.25, 0.3) is 11.2 Å². The first kappa shape index (κ1) is 22.3. The molecule has 0 saturated carbocycles. The Kier molecular flexibility index (Phi) is 5.88. The Labute approximate surface area is 200 Å². The third-order valence-electron chi connectivity index (χ3n) is 6.92. The number of halogens is 1. The van der Waals surface area contributed by atoms with E-state index in [0.29, 0.717) is 48.6 Å². The fraction of sp³-hybridized carbons (Fsp3) is 0.478. The van der Waals surface area contributed by atoms with Crippen LogP contribution in [0.4, 0.5) is 11.4 Å². The van der Waals surface area contributed by atoms with E-state index in [0.717, 1.165) is 29.5 Å². The topological polar surface area (TPSA) is 95.4 Å². The maximum Gasteiger partial charge on any atom is 0.294 e. The monoisotopic (exact) mass is 487 g/mol. The van der Waals surface area contributed by atoms with Crippen molar-refractivity contribution in [2.45, 2.75) is 39.2 Å². The van der Waals surface area contributed by atoms with E-state index in [1.165, 1.54) is 16.5 Å². The molecule has 33 heavy (non-hydrogen) atoms. The van der Waals surface area contributed by atoms with Crippen LogP contribution in [-0.4, -0.2) is 46.0 Å². The predicted octanol–water partition coefficient (Wildman–Crippen LogP) is 4.55. The Bertz CT molecular complexity index is 1280. The molecule has 2 aliphatic rings. The fourth-order valence-electron chi connectivity index (χ4n) is 5.00. The van der Waals surface area contributed by atoms with Crippen molar-refractivity contribution in [2.24, 2.45) is 5.92 Å². The lowest BCUT2D eigenvalue weighted by Crippen LogP contribution is -2.47. The second kappa shape index (κ2) is 8.70. The number of thiophene rings is 1. The number of benzene rings is 1. The Morgan fingerprint density at radius 3 is 2.79 bits per heavy atom. The summed E-state index contributed by atoms with van der Waals surface area (Å²) >= 11 is 7.63. The standard InChI is InChI=1S/C23H26ClN5O3S/c1-13-3-5-16-19(11-13)33-23-20(16)22(30)25-21(26-23)14(2)27-7-9-28(10-8-27)17-6-4-15(24)12-18(17)29(31)32/h4,6,12-14H,3,5,7-11H2,1-2H3,(H,25,26,30). The molecule has 3 aromatic rings. The molecule has 5 rings (SSSR count). The minimum absolute atomic E-state index is 0.0245. The van der Waals surface area contributed by atoms with Crippen LogP contribution in [0.1, 0.15) is 42.6 Å². The van der Waals surface area contributed by atoms with Crippen molar-refractivity contribution in [3.05, 3.63) is 60.0 Å². The van der Waals surface area contributed by atoms with Crippen molar-refractivity contribution in [1.29, 1.82) is 0 Å². The molecule has 0 radical (unpaired) electrons. The van der Waals surface area contributed by atoms with Gasteiger partial charge >= 0.3 is 0 Å². The van der Waals surface area contributed by atoms with E-state index in [4.69, 9.17) is 16.6 Å².